The Morgan fingerprint density at radius 2 is 1.94 bits per heavy atom. The molecule has 0 spiro atoms. The van der Waals surface area contributed by atoms with Crippen LogP contribution in [0.5, 0.6) is 0 Å². The molecule has 1 aromatic rings. The summed E-state index contributed by atoms with van der Waals surface area (Å²) in [4.78, 5) is 2.06. The quantitative estimate of drug-likeness (QED) is 0.825. The monoisotopic (exact) mass is 238 g/mol. The Morgan fingerprint density at radius 3 is 2.47 bits per heavy atom. The van der Waals surface area contributed by atoms with Crippen LogP contribution in [0.15, 0.2) is 24.3 Å². The third-order valence-electron chi connectivity index (χ3n) is 3.19. The van der Waals surface area contributed by atoms with Crippen LogP contribution in [0.1, 0.15) is 27.2 Å². The third kappa shape index (κ3) is 4.00. The van der Waals surface area contributed by atoms with Gasteiger partial charge in [-0.05, 0) is 37.4 Å². The normalized spacial score (nSPS) is 11.6. The van der Waals surface area contributed by atoms with Gasteiger partial charge in [0, 0.05) is 13.1 Å². The summed E-state index contributed by atoms with van der Waals surface area (Å²) in [5.41, 5.74) is 6.50. The van der Waals surface area contributed by atoms with E-state index in [0.29, 0.717) is 12.2 Å². The number of para-hydroxylation sites is 1. The Labute approximate surface area is 104 Å². The van der Waals surface area contributed by atoms with Gasteiger partial charge in [0.05, 0.1) is 5.69 Å². The second-order valence-electron chi connectivity index (χ2n) is 5.15. The number of benzene rings is 1. The lowest BCUT2D eigenvalue weighted by Crippen LogP contribution is -2.32. The minimum Gasteiger partial charge on any atom is -0.369 e. The van der Waals surface area contributed by atoms with E-state index in [1.54, 1.807) is 6.07 Å². The second-order valence-corrected chi connectivity index (χ2v) is 5.15. The third-order valence-corrected chi connectivity index (χ3v) is 3.19. The van der Waals surface area contributed by atoms with Crippen LogP contribution >= 0.6 is 0 Å². The number of nitrogens with two attached hydrogens (primary N) is 1. The van der Waals surface area contributed by atoms with Crippen molar-refractivity contribution in [1.29, 1.82) is 0 Å². The van der Waals surface area contributed by atoms with Crippen LogP contribution < -0.4 is 10.6 Å². The Bertz CT molecular complexity index is 350. The fourth-order valence-corrected chi connectivity index (χ4v) is 1.70. The van der Waals surface area contributed by atoms with Gasteiger partial charge in [0.25, 0.3) is 0 Å². The van der Waals surface area contributed by atoms with Gasteiger partial charge in [0.1, 0.15) is 5.82 Å². The highest BCUT2D eigenvalue weighted by molar-refractivity contribution is 5.47. The number of rotatable bonds is 6. The van der Waals surface area contributed by atoms with Gasteiger partial charge in [0.2, 0.25) is 0 Å². The van der Waals surface area contributed by atoms with Crippen LogP contribution in [-0.4, -0.2) is 19.6 Å². The summed E-state index contributed by atoms with van der Waals surface area (Å²) in [7, 11) is 0. The van der Waals surface area contributed by atoms with E-state index < -0.39 is 0 Å². The van der Waals surface area contributed by atoms with E-state index in [-0.39, 0.29) is 11.2 Å². The number of hydrogen-bond acceptors (Lipinski definition) is 2. The van der Waals surface area contributed by atoms with Gasteiger partial charge in [-0.25, -0.2) is 4.39 Å². The minimum atomic E-state index is -0.153. The van der Waals surface area contributed by atoms with Crippen molar-refractivity contribution in [2.75, 3.05) is 24.5 Å². The molecule has 0 radical (unpaired) electrons. The van der Waals surface area contributed by atoms with Crippen LogP contribution in [0.2, 0.25) is 0 Å². The van der Waals surface area contributed by atoms with Gasteiger partial charge in [0.15, 0.2) is 0 Å². The molecule has 96 valence electrons. The zero-order valence-corrected chi connectivity index (χ0v) is 11.0. The molecule has 17 heavy (non-hydrogen) atoms. The van der Waals surface area contributed by atoms with Crippen molar-refractivity contribution in [1.82, 2.24) is 0 Å². The molecule has 0 heterocycles. The Balaban J connectivity index is 2.70. The first-order valence-corrected chi connectivity index (χ1v) is 6.19. The number of nitrogens with zero attached hydrogens (tertiary/aromatic N) is 1. The van der Waals surface area contributed by atoms with Crippen molar-refractivity contribution in [3.8, 4) is 0 Å². The van der Waals surface area contributed by atoms with Crippen molar-refractivity contribution in [2.45, 2.75) is 27.2 Å². The first-order chi connectivity index (χ1) is 8.00. The maximum absolute atomic E-state index is 13.7. The van der Waals surface area contributed by atoms with Gasteiger partial charge in [-0.15, -0.1) is 0 Å². The van der Waals surface area contributed by atoms with Gasteiger partial charge >= 0.3 is 0 Å². The molecule has 0 fully saturated rings. The molecule has 1 aromatic carbocycles. The molecular formula is C14H23FN2. The molecule has 0 amide bonds. The van der Waals surface area contributed by atoms with E-state index in [1.165, 1.54) is 6.07 Å². The average Bonchev–Trinajstić information content (AvgIpc) is 2.32. The van der Waals surface area contributed by atoms with Crippen LogP contribution in [0.25, 0.3) is 0 Å². The first kappa shape index (κ1) is 14.0. The highest BCUT2D eigenvalue weighted by Crippen LogP contribution is 2.23. The van der Waals surface area contributed by atoms with Gasteiger partial charge in [-0.2, -0.15) is 0 Å². The molecule has 0 unspecified atom stereocenters. The largest absolute Gasteiger partial charge is 0.369 e. The zero-order chi connectivity index (χ0) is 12.9. The van der Waals surface area contributed by atoms with Crippen LogP contribution in [0.4, 0.5) is 10.1 Å². The summed E-state index contributed by atoms with van der Waals surface area (Å²) in [5.74, 6) is -0.153. The van der Waals surface area contributed by atoms with Gasteiger partial charge in [-0.3, -0.25) is 0 Å². The van der Waals surface area contributed by atoms with E-state index >= 15 is 0 Å². The summed E-state index contributed by atoms with van der Waals surface area (Å²) in [5, 5.41) is 0. The summed E-state index contributed by atoms with van der Waals surface area (Å²) >= 11 is 0. The number of hydrogen-bond donors (Lipinski definition) is 1. The molecule has 2 N–H and O–H groups in total. The topological polar surface area (TPSA) is 29.3 Å². The average molecular weight is 238 g/mol. The first-order valence-electron chi connectivity index (χ1n) is 6.19. The molecule has 0 saturated heterocycles. The maximum atomic E-state index is 13.7. The molecule has 2 nitrogen and oxygen atoms in total. The molecule has 1 rings (SSSR count). The van der Waals surface area contributed by atoms with Crippen LogP contribution in [0, 0.1) is 11.2 Å². The lowest BCUT2D eigenvalue weighted by Gasteiger charge is -2.29. The molecule has 3 heteroatoms. The van der Waals surface area contributed by atoms with Crippen molar-refractivity contribution in [3.05, 3.63) is 30.1 Å². The molecule has 0 aliphatic rings. The predicted molar refractivity (Wildman–Crippen MR) is 71.7 cm³/mol. The standard InChI is InChI=1S/C14H23FN2/c1-4-17(10-9-14(2,3)11-16)13-8-6-5-7-12(13)15/h5-8H,4,9-11,16H2,1-3H3. The van der Waals surface area contributed by atoms with Gasteiger partial charge < -0.3 is 10.6 Å². The highest BCUT2D eigenvalue weighted by Gasteiger charge is 2.18. The SMILES string of the molecule is CCN(CCC(C)(C)CN)c1ccccc1F. The van der Waals surface area contributed by atoms with E-state index in [4.69, 9.17) is 5.73 Å². The smallest absolute Gasteiger partial charge is 0.146 e. The lowest BCUT2D eigenvalue weighted by molar-refractivity contribution is 0.349. The van der Waals surface area contributed by atoms with Gasteiger partial charge in [-0.1, -0.05) is 26.0 Å². The maximum Gasteiger partial charge on any atom is 0.146 e. The molecule has 0 aliphatic heterocycles. The Kier molecular flexibility index (Phi) is 4.94. The van der Waals surface area contributed by atoms with Crippen molar-refractivity contribution in [2.24, 2.45) is 11.1 Å². The molecule has 0 aliphatic carbocycles. The summed E-state index contributed by atoms with van der Waals surface area (Å²) < 4.78 is 13.7. The Morgan fingerprint density at radius 1 is 1.29 bits per heavy atom. The van der Waals surface area contributed by atoms with Crippen molar-refractivity contribution < 1.29 is 4.39 Å². The van der Waals surface area contributed by atoms with Crippen LogP contribution in [-0.2, 0) is 0 Å². The summed E-state index contributed by atoms with van der Waals surface area (Å²) in [6.07, 6.45) is 0.964. The summed E-state index contributed by atoms with van der Waals surface area (Å²) in [6, 6.07) is 6.92. The van der Waals surface area contributed by atoms with E-state index in [0.717, 1.165) is 19.5 Å². The van der Waals surface area contributed by atoms with E-state index in [2.05, 4.69) is 18.7 Å². The number of anilines is 1. The number of halogens is 1. The molecule has 0 aromatic heterocycles. The fourth-order valence-electron chi connectivity index (χ4n) is 1.70. The highest BCUT2D eigenvalue weighted by atomic mass is 19.1. The van der Waals surface area contributed by atoms with Crippen molar-refractivity contribution >= 4 is 5.69 Å². The molecular weight excluding hydrogens is 215 g/mol. The zero-order valence-electron chi connectivity index (χ0n) is 11.0. The fraction of sp³-hybridized carbons (Fsp3) is 0.571. The van der Waals surface area contributed by atoms with Crippen molar-refractivity contribution in [3.63, 3.8) is 0 Å². The summed E-state index contributed by atoms with van der Waals surface area (Å²) in [6.45, 7) is 8.62. The van der Waals surface area contributed by atoms with E-state index in [9.17, 15) is 4.39 Å². The van der Waals surface area contributed by atoms with E-state index in [1.807, 2.05) is 19.1 Å². The molecule has 0 atom stereocenters. The minimum absolute atomic E-state index is 0.110. The second kappa shape index (κ2) is 6.01. The molecule has 0 bridgehead atoms. The lowest BCUT2D eigenvalue weighted by atomic mass is 9.89. The Hall–Kier alpha value is -1.09. The predicted octanol–water partition coefficient (Wildman–Crippen LogP) is 3.03. The van der Waals surface area contributed by atoms with Crippen LogP contribution in [0.3, 0.4) is 0 Å². The molecule has 0 saturated carbocycles.